The summed E-state index contributed by atoms with van der Waals surface area (Å²) < 4.78 is 0. The normalized spacial score (nSPS) is 15.2. The van der Waals surface area contributed by atoms with Crippen molar-refractivity contribution in [2.75, 3.05) is 0 Å². The number of allylic oxidation sites excluding steroid dienone is 2. The first-order valence-electron chi connectivity index (χ1n) is 8.39. The van der Waals surface area contributed by atoms with Crippen LogP contribution in [0.1, 0.15) is 52.5 Å². The van der Waals surface area contributed by atoms with Crippen molar-refractivity contribution in [1.82, 2.24) is 0 Å². The summed E-state index contributed by atoms with van der Waals surface area (Å²) in [5.74, 6) is 1.68. The fourth-order valence-corrected chi connectivity index (χ4v) is 3.40. The first kappa shape index (κ1) is 17.8. The van der Waals surface area contributed by atoms with Crippen LogP contribution >= 0.6 is 0 Å². The summed E-state index contributed by atoms with van der Waals surface area (Å²) >= 11 is 0. The molecule has 0 fully saturated rings. The summed E-state index contributed by atoms with van der Waals surface area (Å²) in [4.78, 5) is 0. The van der Waals surface area contributed by atoms with Crippen molar-refractivity contribution in [3.63, 3.8) is 0 Å². The van der Waals surface area contributed by atoms with Crippen molar-refractivity contribution < 1.29 is 0 Å². The quantitative estimate of drug-likeness (QED) is 0.458. The minimum Gasteiger partial charge on any atom is -0.0998 e. The van der Waals surface area contributed by atoms with E-state index in [0.717, 1.165) is 12.8 Å². The molecule has 0 aromatic heterocycles. The topological polar surface area (TPSA) is 0 Å². The summed E-state index contributed by atoms with van der Waals surface area (Å²) in [6.45, 7) is 17.7. The Kier molecular flexibility index (Phi) is 7.50. The summed E-state index contributed by atoms with van der Waals surface area (Å²) in [7, 11) is 0. The lowest BCUT2D eigenvalue weighted by Crippen LogP contribution is -2.21. The highest BCUT2D eigenvalue weighted by molar-refractivity contribution is 5.20. The van der Waals surface area contributed by atoms with Crippen LogP contribution in [0.15, 0.2) is 54.6 Å². The van der Waals surface area contributed by atoms with Crippen LogP contribution in [-0.2, 0) is 6.42 Å². The zero-order valence-electron chi connectivity index (χ0n) is 14.4. The van der Waals surface area contributed by atoms with Gasteiger partial charge in [0, 0.05) is 0 Å². The van der Waals surface area contributed by atoms with Crippen molar-refractivity contribution >= 4 is 0 Å². The van der Waals surface area contributed by atoms with E-state index < -0.39 is 0 Å². The minimum atomic E-state index is 0.525. The summed E-state index contributed by atoms with van der Waals surface area (Å²) in [5.41, 5.74) is 4.13. The maximum atomic E-state index is 4.48. The van der Waals surface area contributed by atoms with Crippen LogP contribution in [0.4, 0.5) is 0 Å². The maximum absolute atomic E-state index is 4.48. The van der Waals surface area contributed by atoms with E-state index in [4.69, 9.17) is 0 Å². The molecule has 0 radical (unpaired) electrons. The molecule has 0 saturated heterocycles. The SMILES string of the molecule is C=C(C)C(CC)C(CCC)C(=C)C(C)Cc1ccccc1. The zero-order valence-corrected chi connectivity index (χ0v) is 14.4. The molecule has 0 heterocycles. The molecule has 116 valence electrons. The van der Waals surface area contributed by atoms with Gasteiger partial charge in [-0.25, -0.2) is 0 Å². The Hall–Kier alpha value is -1.30. The zero-order chi connectivity index (χ0) is 15.8. The predicted octanol–water partition coefficient (Wildman–Crippen LogP) is 6.44. The minimum absolute atomic E-state index is 0.525. The molecule has 0 saturated carbocycles. The van der Waals surface area contributed by atoms with Gasteiger partial charge in [0.05, 0.1) is 0 Å². The molecule has 0 aliphatic rings. The molecule has 0 nitrogen and oxygen atoms in total. The second kappa shape index (κ2) is 8.87. The molecule has 3 unspecified atom stereocenters. The third-order valence-electron chi connectivity index (χ3n) is 4.65. The lowest BCUT2D eigenvalue weighted by Gasteiger charge is -2.31. The Morgan fingerprint density at radius 2 is 1.67 bits per heavy atom. The van der Waals surface area contributed by atoms with E-state index in [1.807, 2.05) is 0 Å². The molecular formula is C21H32. The van der Waals surface area contributed by atoms with Gasteiger partial charge in [0.25, 0.3) is 0 Å². The fraction of sp³-hybridized carbons (Fsp3) is 0.524. The first-order valence-corrected chi connectivity index (χ1v) is 8.39. The molecule has 0 amide bonds. The third-order valence-corrected chi connectivity index (χ3v) is 4.65. The van der Waals surface area contributed by atoms with Gasteiger partial charge >= 0.3 is 0 Å². The molecule has 0 heteroatoms. The predicted molar refractivity (Wildman–Crippen MR) is 95.4 cm³/mol. The molecular weight excluding hydrogens is 252 g/mol. The van der Waals surface area contributed by atoms with Crippen molar-refractivity contribution in [3.05, 3.63) is 60.2 Å². The van der Waals surface area contributed by atoms with Crippen LogP contribution in [0.5, 0.6) is 0 Å². The molecule has 0 aliphatic heterocycles. The Morgan fingerprint density at radius 3 is 2.14 bits per heavy atom. The van der Waals surface area contributed by atoms with Crippen molar-refractivity contribution in [2.24, 2.45) is 17.8 Å². The van der Waals surface area contributed by atoms with Gasteiger partial charge in [-0.1, -0.05) is 81.8 Å². The second-order valence-electron chi connectivity index (χ2n) is 6.42. The number of hydrogen-bond donors (Lipinski definition) is 0. The summed E-state index contributed by atoms with van der Waals surface area (Å²) in [6, 6.07) is 10.8. The van der Waals surface area contributed by atoms with Crippen LogP contribution < -0.4 is 0 Å². The molecule has 3 atom stereocenters. The highest BCUT2D eigenvalue weighted by Crippen LogP contribution is 2.36. The number of rotatable bonds is 9. The molecule has 21 heavy (non-hydrogen) atoms. The van der Waals surface area contributed by atoms with E-state index >= 15 is 0 Å². The van der Waals surface area contributed by atoms with E-state index in [0.29, 0.717) is 17.8 Å². The van der Waals surface area contributed by atoms with Crippen molar-refractivity contribution in [3.8, 4) is 0 Å². The monoisotopic (exact) mass is 284 g/mol. The van der Waals surface area contributed by atoms with Gasteiger partial charge < -0.3 is 0 Å². The van der Waals surface area contributed by atoms with E-state index in [-0.39, 0.29) is 0 Å². The lowest BCUT2D eigenvalue weighted by atomic mass is 9.74. The fourth-order valence-electron chi connectivity index (χ4n) is 3.40. The number of benzene rings is 1. The van der Waals surface area contributed by atoms with Gasteiger partial charge in [0.15, 0.2) is 0 Å². The maximum Gasteiger partial charge on any atom is -0.0138 e. The van der Waals surface area contributed by atoms with Gasteiger partial charge in [-0.15, -0.1) is 0 Å². The molecule has 0 N–H and O–H groups in total. The average Bonchev–Trinajstić information content (AvgIpc) is 2.47. The highest BCUT2D eigenvalue weighted by Gasteiger charge is 2.25. The first-order chi connectivity index (χ1) is 10.0. The van der Waals surface area contributed by atoms with E-state index in [9.17, 15) is 0 Å². The summed E-state index contributed by atoms with van der Waals surface area (Å²) in [5, 5.41) is 0. The van der Waals surface area contributed by atoms with E-state index in [1.54, 1.807) is 0 Å². The Labute approximate surface area is 132 Å². The van der Waals surface area contributed by atoms with Crippen molar-refractivity contribution in [1.29, 1.82) is 0 Å². The Balaban J connectivity index is 2.82. The molecule has 0 spiro atoms. The van der Waals surface area contributed by atoms with E-state index in [2.05, 4.69) is 71.2 Å². The molecule has 1 rings (SSSR count). The Morgan fingerprint density at radius 1 is 1.05 bits per heavy atom. The van der Waals surface area contributed by atoms with Gasteiger partial charge in [-0.2, -0.15) is 0 Å². The van der Waals surface area contributed by atoms with Gasteiger partial charge in [-0.05, 0) is 49.5 Å². The van der Waals surface area contributed by atoms with Crippen molar-refractivity contribution in [2.45, 2.75) is 53.4 Å². The molecule has 1 aromatic rings. The van der Waals surface area contributed by atoms with Gasteiger partial charge in [0.2, 0.25) is 0 Å². The van der Waals surface area contributed by atoms with Crippen LogP contribution in [0, 0.1) is 17.8 Å². The molecule has 0 aliphatic carbocycles. The highest BCUT2D eigenvalue weighted by atomic mass is 14.3. The lowest BCUT2D eigenvalue weighted by molar-refractivity contribution is 0.364. The number of hydrogen-bond acceptors (Lipinski definition) is 0. The van der Waals surface area contributed by atoms with Crippen LogP contribution in [0.25, 0.3) is 0 Å². The molecule has 0 bridgehead atoms. The standard InChI is InChI=1S/C21H32/c1-7-12-21(20(8-2)16(3)4)18(6)17(5)15-19-13-10-9-11-14-19/h9-11,13-14,17,20-21H,3,6-8,12,15H2,1-2,4-5H3. The van der Waals surface area contributed by atoms with E-state index in [1.165, 1.54) is 29.6 Å². The van der Waals surface area contributed by atoms with Crippen LogP contribution in [0.3, 0.4) is 0 Å². The largest absolute Gasteiger partial charge is 0.0998 e. The average molecular weight is 284 g/mol. The van der Waals surface area contributed by atoms with Crippen LogP contribution in [-0.4, -0.2) is 0 Å². The van der Waals surface area contributed by atoms with Gasteiger partial charge in [-0.3, -0.25) is 0 Å². The Bertz CT molecular complexity index is 440. The van der Waals surface area contributed by atoms with Gasteiger partial charge in [0.1, 0.15) is 0 Å². The second-order valence-corrected chi connectivity index (χ2v) is 6.42. The molecule has 1 aromatic carbocycles. The smallest absolute Gasteiger partial charge is 0.0138 e. The third kappa shape index (κ3) is 5.19. The summed E-state index contributed by atoms with van der Waals surface area (Å²) in [6.07, 6.45) is 4.69. The van der Waals surface area contributed by atoms with Crippen LogP contribution in [0.2, 0.25) is 0 Å².